The quantitative estimate of drug-likeness (QED) is 0.603. The molecule has 31 heavy (non-hydrogen) atoms. The molecule has 1 N–H and O–H groups in total. The van der Waals surface area contributed by atoms with E-state index in [4.69, 9.17) is 9.47 Å². The molecule has 11 heteroatoms. The highest BCUT2D eigenvalue weighted by Gasteiger charge is 2.33. The third-order valence-corrected chi connectivity index (χ3v) is 7.92. The zero-order valence-electron chi connectivity index (χ0n) is 17.1. The SMILES string of the molecule is COc1ccc(OC)c(S(=O)(=O)N2CCN(C(=O)c3cc(-c4cccs4)[nH]n3)CC2)c1. The molecule has 0 radical (unpaired) electrons. The number of carbonyl (C=O) groups excluding carboxylic acids is 1. The first-order valence-electron chi connectivity index (χ1n) is 9.55. The van der Waals surface area contributed by atoms with Crippen molar-refractivity contribution in [3.8, 4) is 22.1 Å². The van der Waals surface area contributed by atoms with Crippen LogP contribution in [0.25, 0.3) is 10.6 Å². The van der Waals surface area contributed by atoms with Gasteiger partial charge in [0.1, 0.15) is 16.4 Å². The van der Waals surface area contributed by atoms with Crippen LogP contribution in [0, 0.1) is 0 Å². The summed E-state index contributed by atoms with van der Waals surface area (Å²) in [7, 11) is -0.911. The number of benzene rings is 1. The van der Waals surface area contributed by atoms with Gasteiger partial charge in [0, 0.05) is 32.2 Å². The van der Waals surface area contributed by atoms with E-state index in [1.807, 2.05) is 17.5 Å². The van der Waals surface area contributed by atoms with Crippen LogP contribution in [0.15, 0.2) is 46.7 Å². The highest BCUT2D eigenvalue weighted by molar-refractivity contribution is 7.89. The Bertz CT molecular complexity index is 1170. The molecule has 0 saturated carbocycles. The summed E-state index contributed by atoms with van der Waals surface area (Å²) in [6.07, 6.45) is 0. The number of sulfonamides is 1. The van der Waals surface area contributed by atoms with Crippen molar-refractivity contribution in [2.45, 2.75) is 4.90 Å². The van der Waals surface area contributed by atoms with Crippen LogP contribution in [0.5, 0.6) is 11.5 Å². The van der Waals surface area contributed by atoms with Crippen LogP contribution in [-0.4, -0.2) is 74.1 Å². The van der Waals surface area contributed by atoms with Crippen molar-refractivity contribution in [2.75, 3.05) is 40.4 Å². The fraction of sp³-hybridized carbons (Fsp3) is 0.300. The van der Waals surface area contributed by atoms with Gasteiger partial charge in [-0.3, -0.25) is 9.89 Å². The maximum Gasteiger partial charge on any atom is 0.274 e. The summed E-state index contributed by atoms with van der Waals surface area (Å²) in [5.41, 5.74) is 1.10. The lowest BCUT2D eigenvalue weighted by molar-refractivity contribution is 0.0692. The van der Waals surface area contributed by atoms with Crippen molar-refractivity contribution in [3.05, 3.63) is 47.5 Å². The summed E-state index contributed by atoms with van der Waals surface area (Å²) >= 11 is 1.55. The first kappa shape index (κ1) is 21.3. The maximum atomic E-state index is 13.2. The number of ether oxygens (including phenoxy) is 2. The minimum Gasteiger partial charge on any atom is -0.497 e. The molecule has 1 fully saturated rings. The molecule has 2 aromatic heterocycles. The smallest absolute Gasteiger partial charge is 0.274 e. The predicted octanol–water partition coefficient (Wildman–Crippen LogP) is 2.30. The number of aromatic amines is 1. The van der Waals surface area contributed by atoms with E-state index >= 15 is 0 Å². The number of methoxy groups -OCH3 is 2. The fourth-order valence-corrected chi connectivity index (χ4v) is 5.69. The number of carbonyl (C=O) groups is 1. The number of H-pyrrole nitrogens is 1. The number of piperazine rings is 1. The second-order valence-electron chi connectivity index (χ2n) is 6.86. The summed E-state index contributed by atoms with van der Waals surface area (Å²) < 4.78 is 38.1. The third kappa shape index (κ3) is 4.16. The van der Waals surface area contributed by atoms with Gasteiger partial charge in [0.25, 0.3) is 5.91 Å². The summed E-state index contributed by atoms with van der Waals surface area (Å²) in [4.78, 5) is 15.5. The molecule has 1 amide bonds. The van der Waals surface area contributed by atoms with E-state index < -0.39 is 10.0 Å². The summed E-state index contributed by atoms with van der Waals surface area (Å²) in [5, 5.41) is 8.97. The molecule has 9 nitrogen and oxygen atoms in total. The highest BCUT2D eigenvalue weighted by atomic mass is 32.2. The monoisotopic (exact) mass is 462 g/mol. The van der Waals surface area contributed by atoms with E-state index in [-0.39, 0.29) is 42.7 Å². The second-order valence-corrected chi connectivity index (χ2v) is 9.71. The van der Waals surface area contributed by atoms with Crippen molar-refractivity contribution in [1.82, 2.24) is 19.4 Å². The van der Waals surface area contributed by atoms with E-state index in [1.54, 1.807) is 34.4 Å². The predicted molar refractivity (Wildman–Crippen MR) is 116 cm³/mol. The summed E-state index contributed by atoms with van der Waals surface area (Å²) in [6.45, 7) is 0.893. The molecule has 0 bridgehead atoms. The molecular formula is C20H22N4O5S2. The Morgan fingerprint density at radius 3 is 2.52 bits per heavy atom. The van der Waals surface area contributed by atoms with Crippen LogP contribution in [0.4, 0.5) is 0 Å². The van der Waals surface area contributed by atoms with E-state index in [0.717, 1.165) is 10.6 Å². The molecule has 3 heterocycles. The molecule has 0 atom stereocenters. The largest absolute Gasteiger partial charge is 0.497 e. The van der Waals surface area contributed by atoms with Crippen molar-refractivity contribution in [3.63, 3.8) is 0 Å². The standard InChI is InChI=1S/C20H22N4O5S2/c1-28-14-5-6-17(29-2)19(12-14)31(26,27)24-9-7-23(8-10-24)20(25)16-13-15(21-22-16)18-4-3-11-30-18/h3-6,11-13H,7-10H2,1-2H3,(H,21,22). The Hall–Kier alpha value is -2.89. The van der Waals surface area contributed by atoms with Crippen molar-refractivity contribution < 1.29 is 22.7 Å². The lowest BCUT2D eigenvalue weighted by Crippen LogP contribution is -2.50. The van der Waals surface area contributed by atoms with Gasteiger partial charge in [0.15, 0.2) is 5.69 Å². The normalized spacial score (nSPS) is 15.1. The Balaban J connectivity index is 1.46. The lowest BCUT2D eigenvalue weighted by atomic mass is 10.2. The lowest BCUT2D eigenvalue weighted by Gasteiger charge is -2.33. The van der Waals surface area contributed by atoms with Crippen molar-refractivity contribution in [1.29, 1.82) is 0 Å². The Morgan fingerprint density at radius 1 is 1.10 bits per heavy atom. The number of amides is 1. The van der Waals surface area contributed by atoms with Crippen LogP contribution < -0.4 is 9.47 Å². The van der Waals surface area contributed by atoms with Crippen LogP contribution >= 0.6 is 11.3 Å². The first-order valence-corrected chi connectivity index (χ1v) is 11.9. The molecule has 1 aliphatic heterocycles. The van der Waals surface area contributed by atoms with Gasteiger partial charge in [0.2, 0.25) is 10.0 Å². The van der Waals surface area contributed by atoms with Gasteiger partial charge in [-0.2, -0.15) is 9.40 Å². The Kier molecular flexibility index (Phi) is 5.99. The summed E-state index contributed by atoms with van der Waals surface area (Å²) in [5.74, 6) is 0.445. The number of hydrogen-bond acceptors (Lipinski definition) is 7. The van der Waals surface area contributed by atoms with Gasteiger partial charge in [-0.05, 0) is 29.6 Å². The van der Waals surface area contributed by atoms with E-state index in [2.05, 4.69) is 10.2 Å². The van der Waals surface area contributed by atoms with Crippen molar-refractivity contribution in [2.24, 2.45) is 0 Å². The van der Waals surface area contributed by atoms with E-state index in [1.165, 1.54) is 24.6 Å². The fourth-order valence-electron chi connectivity index (χ4n) is 3.41. The second kappa shape index (κ2) is 8.69. The summed E-state index contributed by atoms with van der Waals surface area (Å²) in [6, 6.07) is 10.2. The average molecular weight is 463 g/mol. The maximum absolute atomic E-state index is 13.2. The topological polar surface area (TPSA) is 105 Å². The zero-order valence-corrected chi connectivity index (χ0v) is 18.7. The molecule has 3 aromatic rings. The Morgan fingerprint density at radius 2 is 1.87 bits per heavy atom. The van der Waals surface area contributed by atoms with Gasteiger partial charge in [-0.1, -0.05) is 6.07 Å². The van der Waals surface area contributed by atoms with E-state index in [0.29, 0.717) is 11.4 Å². The minimum atomic E-state index is -3.81. The number of aromatic nitrogens is 2. The third-order valence-electron chi connectivity index (χ3n) is 5.10. The van der Waals surface area contributed by atoms with Gasteiger partial charge < -0.3 is 14.4 Å². The molecule has 0 unspecified atom stereocenters. The number of nitrogens with one attached hydrogen (secondary N) is 1. The van der Waals surface area contributed by atoms with Crippen LogP contribution in [0.2, 0.25) is 0 Å². The molecule has 4 rings (SSSR count). The number of nitrogens with zero attached hydrogens (tertiary/aromatic N) is 3. The number of rotatable bonds is 6. The first-order chi connectivity index (χ1) is 14.9. The Labute approximate surface area is 184 Å². The zero-order chi connectivity index (χ0) is 22.0. The molecule has 0 spiro atoms. The molecule has 0 aliphatic carbocycles. The minimum absolute atomic E-state index is 0.0435. The molecule has 1 aromatic carbocycles. The van der Waals surface area contributed by atoms with Gasteiger partial charge in [-0.25, -0.2) is 8.42 Å². The molecule has 1 saturated heterocycles. The van der Waals surface area contributed by atoms with Crippen LogP contribution in [0.1, 0.15) is 10.5 Å². The van der Waals surface area contributed by atoms with Gasteiger partial charge >= 0.3 is 0 Å². The molecule has 164 valence electrons. The van der Waals surface area contributed by atoms with Crippen LogP contribution in [0.3, 0.4) is 0 Å². The molecular weight excluding hydrogens is 440 g/mol. The van der Waals surface area contributed by atoms with Crippen LogP contribution in [-0.2, 0) is 10.0 Å². The highest BCUT2D eigenvalue weighted by Crippen LogP contribution is 2.31. The molecule has 1 aliphatic rings. The number of hydrogen-bond donors (Lipinski definition) is 1. The average Bonchev–Trinajstić information content (AvgIpc) is 3.50. The van der Waals surface area contributed by atoms with Gasteiger partial charge in [0.05, 0.1) is 24.8 Å². The van der Waals surface area contributed by atoms with Gasteiger partial charge in [-0.15, -0.1) is 11.3 Å². The van der Waals surface area contributed by atoms with Crippen molar-refractivity contribution >= 4 is 27.3 Å². The van der Waals surface area contributed by atoms with E-state index in [9.17, 15) is 13.2 Å². The number of thiophene rings is 1.